The second-order valence-electron chi connectivity index (χ2n) is 4.51. The Morgan fingerprint density at radius 1 is 1.32 bits per heavy atom. The summed E-state index contributed by atoms with van der Waals surface area (Å²) in [6.07, 6.45) is 2.28. The number of nitrogens with zero attached hydrogens (tertiary/aromatic N) is 2. The molecule has 2 aromatic rings. The number of carbonyl (C=O) groups is 1. The molecule has 0 spiro atoms. The predicted octanol–water partition coefficient (Wildman–Crippen LogP) is 2.35. The molecule has 1 aromatic heterocycles. The SMILES string of the molecule is NN1C(=O)c2ccccc2C1Cc1ccnc(Cl)c1. The molecular weight excluding hydrogens is 262 g/mol. The topological polar surface area (TPSA) is 59.2 Å². The number of hydrazine groups is 1. The van der Waals surface area contributed by atoms with Gasteiger partial charge >= 0.3 is 0 Å². The number of benzene rings is 1. The normalized spacial score (nSPS) is 17.7. The largest absolute Gasteiger partial charge is 0.269 e. The molecule has 0 bridgehead atoms. The number of nitrogens with two attached hydrogens (primary N) is 1. The molecule has 2 heterocycles. The first-order valence-corrected chi connectivity index (χ1v) is 6.32. The monoisotopic (exact) mass is 273 g/mol. The van der Waals surface area contributed by atoms with Gasteiger partial charge in [-0.3, -0.25) is 9.80 Å². The Morgan fingerprint density at radius 2 is 2.11 bits per heavy atom. The summed E-state index contributed by atoms with van der Waals surface area (Å²) in [6.45, 7) is 0. The molecule has 96 valence electrons. The lowest BCUT2D eigenvalue weighted by atomic mass is 9.99. The Kier molecular flexibility index (Phi) is 2.97. The molecule has 1 unspecified atom stereocenters. The first kappa shape index (κ1) is 12.1. The number of carbonyl (C=O) groups excluding carboxylic acids is 1. The fourth-order valence-corrected chi connectivity index (χ4v) is 2.61. The van der Waals surface area contributed by atoms with Gasteiger partial charge in [-0.25, -0.2) is 10.8 Å². The van der Waals surface area contributed by atoms with Gasteiger partial charge in [0.2, 0.25) is 0 Å². The Labute approximate surface area is 115 Å². The summed E-state index contributed by atoms with van der Waals surface area (Å²) in [5.41, 5.74) is 2.64. The highest BCUT2D eigenvalue weighted by atomic mass is 35.5. The van der Waals surface area contributed by atoms with Gasteiger partial charge in [0.25, 0.3) is 5.91 Å². The number of halogens is 1. The van der Waals surface area contributed by atoms with Crippen LogP contribution >= 0.6 is 11.6 Å². The van der Waals surface area contributed by atoms with Crippen LogP contribution in [-0.2, 0) is 6.42 Å². The molecule has 0 aliphatic carbocycles. The fourth-order valence-electron chi connectivity index (χ4n) is 2.41. The molecule has 1 aliphatic heterocycles. The van der Waals surface area contributed by atoms with Crippen molar-refractivity contribution in [2.24, 2.45) is 5.84 Å². The minimum atomic E-state index is -0.151. The maximum Gasteiger partial charge on any atom is 0.268 e. The van der Waals surface area contributed by atoms with Gasteiger partial charge in [-0.2, -0.15) is 0 Å². The number of hydrogen-bond acceptors (Lipinski definition) is 3. The zero-order valence-corrected chi connectivity index (χ0v) is 10.8. The van der Waals surface area contributed by atoms with Crippen molar-refractivity contribution < 1.29 is 4.79 Å². The first-order valence-electron chi connectivity index (χ1n) is 5.94. The van der Waals surface area contributed by atoms with Crippen molar-refractivity contribution in [2.45, 2.75) is 12.5 Å². The molecule has 5 heteroatoms. The van der Waals surface area contributed by atoms with Crippen molar-refractivity contribution in [1.82, 2.24) is 9.99 Å². The number of amides is 1. The summed E-state index contributed by atoms with van der Waals surface area (Å²) in [5.74, 6) is 5.76. The van der Waals surface area contributed by atoms with Crippen LogP contribution in [0.4, 0.5) is 0 Å². The van der Waals surface area contributed by atoms with E-state index >= 15 is 0 Å². The average Bonchev–Trinajstić information content (AvgIpc) is 2.65. The molecule has 0 saturated carbocycles. The van der Waals surface area contributed by atoms with Gasteiger partial charge in [-0.1, -0.05) is 29.8 Å². The summed E-state index contributed by atoms with van der Waals surface area (Å²) in [5, 5.41) is 1.73. The lowest BCUT2D eigenvalue weighted by Crippen LogP contribution is -2.35. The minimum Gasteiger partial charge on any atom is -0.269 e. The van der Waals surface area contributed by atoms with E-state index in [0.717, 1.165) is 11.1 Å². The third-order valence-electron chi connectivity index (χ3n) is 3.34. The summed E-state index contributed by atoms with van der Waals surface area (Å²) in [6, 6.07) is 11.0. The number of aromatic nitrogens is 1. The third-order valence-corrected chi connectivity index (χ3v) is 3.55. The van der Waals surface area contributed by atoms with Gasteiger partial charge in [0.15, 0.2) is 0 Å². The van der Waals surface area contributed by atoms with Crippen LogP contribution in [0.2, 0.25) is 5.15 Å². The van der Waals surface area contributed by atoms with Crippen LogP contribution in [0.1, 0.15) is 27.5 Å². The van der Waals surface area contributed by atoms with Gasteiger partial charge in [-0.15, -0.1) is 0 Å². The second kappa shape index (κ2) is 4.64. The third kappa shape index (κ3) is 2.09. The van der Waals surface area contributed by atoms with E-state index in [1.807, 2.05) is 24.3 Å². The van der Waals surface area contributed by atoms with Crippen molar-refractivity contribution in [3.8, 4) is 0 Å². The van der Waals surface area contributed by atoms with Crippen LogP contribution in [-0.4, -0.2) is 15.9 Å². The summed E-state index contributed by atoms with van der Waals surface area (Å²) in [4.78, 5) is 16.0. The molecule has 2 N–H and O–H groups in total. The summed E-state index contributed by atoms with van der Waals surface area (Å²) < 4.78 is 0. The molecule has 3 rings (SSSR count). The Bertz CT molecular complexity index is 644. The van der Waals surface area contributed by atoms with Crippen LogP contribution in [0.5, 0.6) is 0 Å². The molecule has 0 radical (unpaired) electrons. The van der Waals surface area contributed by atoms with Crippen molar-refractivity contribution in [3.63, 3.8) is 0 Å². The molecular formula is C14H12ClN3O. The van der Waals surface area contributed by atoms with E-state index in [0.29, 0.717) is 17.1 Å². The van der Waals surface area contributed by atoms with E-state index in [1.165, 1.54) is 5.01 Å². The second-order valence-corrected chi connectivity index (χ2v) is 4.89. The van der Waals surface area contributed by atoms with Crippen LogP contribution in [0.15, 0.2) is 42.6 Å². The van der Waals surface area contributed by atoms with Gasteiger partial charge in [-0.05, 0) is 35.7 Å². The number of hydrogen-bond donors (Lipinski definition) is 1. The Balaban J connectivity index is 1.95. The zero-order valence-electron chi connectivity index (χ0n) is 10.1. The molecule has 1 aromatic carbocycles. The highest BCUT2D eigenvalue weighted by Gasteiger charge is 2.34. The molecule has 1 atom stereocenters. The van der Waals surface area contributed by atoms with Crippen molar-refractivity contribution in [2.75, 3.05) is 0 Å². The molecule has 4 nitrogen and oxygen atoms in total. The fraction of sp³-hybridized carbons (Fsp3) is 0.143. The van der Waals surface area contributed by atoms with Crippen LogP contribution < -0.4 is 5.84 Å². The van der Waals surface area contributed by atoms with Gasteiger partial charge in [0, 0.05) is 11.8 Å². The standard InChI is InChI=1S/C14H12ClN3O/c15-13-8-9(5-6-17-13)7-12-10-3-1-2-4-11(10)14(19)18(12)16/h1-6,8,12H,7,16H2. The van der Waals surface area contributed by atoms with E-state index in [4.69, 9.17) is 17.4 Å². The minimum absolute atomic E-state index is 0.138. The number of fused-ring (bicyclic) bond motifs is 1. The van der Waals surface area contributed by atoms with Gasteiger partial charge in [0.1, 0.15) is 5.15 Å². The molecule has 1 amide bonds. The molecule has 0 fully saturated rings. The smallest absolute Gasteiger partial charge is 0.268 e. The quantitative estimate of drug-likeness (QED) is 0.519. The lowest BCUT2D eigenvalue weighted by Gasteiger charge is -2.20. The van der Waals surface area contributed by atoms with Crippen LogP contribution in [0, 0.1) is 0 Å². The Morgan fingerprint density at radius 3 is 2.89 bits per heavy atom. The predicted molar refractivity (Wildman–Crippen MR) is 72.5 cm³/mol. The van der Waals surface area contributed by atoms with Gasteiger partial charge in [0.05, 0.1) is 6.04 Å². The van der Waals surface area contributed by atoms with Crippen LogP contribution in [0.3, 0.4) is 0 Å². The van der Waals surface area contributed by atoms with E-state index in [2.05, 4.69) is 4.98 Å². The summed E-state index contributed by atoms with van der Waals surface area (Å²) in [7, 11) is 0. The van der Waals surface area contributed by atoms with Crippen molar-refractivity contribution in [3.05, 3.63) is 64.4 Å². The maximum absolute atomic E-state index is 12.0. The lowest BCUT2D eigenvalue weighted by molar-refractivity contribution is 0.0725. The zero-order chi connectivity index (χ0) is 13.4. The van der Waals surface area contributed by atoms with E-state index in [9.17, 15) is 4.79 Å². The summed E-state index contributed by atoms with van der Waals surface area (Å²) >= 11 is 5.87. The highest BCUT2D eigenvalue weighted by Crippen LogP contribution is 2.33. The van der Waals surface area contributed by atoms with Crippen LogP contribution in [0.25, 0.3) is 0 Å². The number of pyridine rings is 1. The molecule has 1 aliphatic rings. The first-order chi connectivity index (χ1) is 9.16. The molecule has 0 saturated heterocycles. The van der Waals surface area contributed by atoms with E-state index < -0.39 is 0 Å². The Hall–Kier alpha value is -1.91. The number of rotatable bonds is 2. The maximum atomic E-state index is 12.0. The van der Waals surface area contributed by atoms with Gasteiger partial charge < -0.3 is 0 Å². The average molecular weight is 274 g/mol. The van der Waals surface area contributed by atoms with Crippen molar-refractivity contribution >= 4 is 17.5 Å². The van der Waals surface area contributed by atoms with Crippen molar-refractivity contribution in [1.29, 1.82) is 0 Å². The van der Waals surface area contributed by atoms with E-state index in [-0.39, 0.29) is 11.9 Å². The molecule has 19 heavy (non-hydrogen) atoms. The highest BCUT2D eigenvalue weighted by molar-refractivity contribution is 6.29. The van der Waals surface area contributed by atoms with E-state index in [1.54, 1.807) is 18.3 Å².